The molecule has 6 nitrogen and oxygen atoms in total. The fourth-order valence-electron chi connectivity index (χ4n) is 2.38. The van der Waals surface area contributed by atoms with Crippen LogP contribution in [0.3, 0.4) is 0 Å². The largest absolute Gasteiger partial charge is 0.480 e. The molecule has 0 saturated carbocycles. The number of hydrogen-bond donors (Lipinski definition) is 3. The monoisotopic (exact) mass is 330 g/mol. The van der Waals surface area contributed by atoms with Crippen molar-refractivity contribution in [2.45, 2.75) is 4.90 Å². The van der Waals surface area contributed by atoms with Gasteiger partial charge in [0.2, 0.25) is 10.0 Å². The van der Waals surface area contributed by atoms with Gasteiger partial charge in [0.1, 0.15) is 6.54 Å². The summed E-state index contributed by atoms with van der Waals surface area (Å²) in [6.45, 7) is -0.647. The summed E-state index contributed by atoms with van der Waals surface area (Å²) in [4.78, 5) is 13.7. The van der Waals surface area contributed by atoms with Crippen LogP contribution in [-0.4, -0.2) is 31.0 Å². The van der Waals surface area contributed by atoms with Crippen molar-refractivity contribution in [3.63, 3.8) is 0 Å². The summed E-state index contributed by atoms with van der Waals surface area (Å²) in [5.41, 5.74) is 2.82. The number of fused-ring (bicyclic) bond motifs is 1. The first-order valence-electron chi connectivity index (χ1n) is 6.85. The molecule has 1 heterocycles. The van der Waals surface area contributed by atoms with Gasteiger partial charge in [0, 0.05) is 11.8 Å². The van der Waals surface area contributed by atoms with Crippen LogP contribution in [0.25, 0.3) is 22.0 Å². The smallest absolute Gasteiger partial charge is 0.318 e. The lowest BCUT2D eigenvalue weighted by Crippen LogP contribution is -2.29. The van der Waals surface area contributed by atoms with Crippen LogP contribution in [0.4, 0.5) is 0 Å². The first-order chi connectivity index (χ1) is 11.0. The average Bonchev–Trinajstić information content (AvgIpc) is 3.02. The molecule has 0 aliphatic heterocycles. The minimum atomic E-state index is -3.82. The van der Waals surface area contributed by atoms with Crippen LogP contribution in [0.1, 0.15) is 0 Å². The molecule has 0 atom stereocenters. The third-order valence-electron chi connectivity index (χ3n) is 3.48. The van der Waals surface area contributed by atoms with E-state index in [1.165, 1.54) is 12.1 Å². The highest BCUT2D eigenvalue weighted by atomic mass is 32.2. The Labute approximate surface area is 132 Å². The van der Waals surface area contributed by atoms with E-state index in [4.69, 9.17) is 5.11 Å². The van der Waals surface area contributed by atoms with Gasteiger partial charge < -0.3 is 10.1 Å². The maximum Gasteiger partial charge on any atom is 0.318 e. The zero-order chi connectivity index (χ0) is 16.4. The van der Waals surface area contributed by atoms with Crippen LogP contribution in [0, 0.1) is 0 Å². The number of aromatic nitrogens is 1. The van der Waals surface area contributed by atoms with E-state index in [0.717, 1.165) is 22.0 Å². The highest BCUT2D eigenvalue weighted by Crippen LogP contribution is 2.28. The molecule has 0 amide bonds. The van der Waals surface area contributed by atoms with Crippen LogP contribution in [-0.2, 0) is 14.8 Å². The van der Waals surface area contributed by atoms with Gasteiger partial charge in [0.25, 0.3) is 0 Å². The third-order valence-corrected chi connectivity index (χ3v) is 4.89. The molecule has 1 aromatic heterocycles. The summed E-state index contributed by atoms with van der Waals surface area (Å²) in [6.07, 6.45) is 1.85. The summed E-state index contributed by atoms with van der Waals surface area (Å²) in [6, 6.07) is 14.2. The zero-order valence-corrected chi connectivity index (χ0v) is 12.8. The van der Waals surface area contributed by atoms with Gasteiger partial charge in [-0.25, -0.2) is 8.42 Å². The van der Waals surface area contributed by atoms with Crippen LogP contribution in [0.5, 0.6) is 0 Å². The molecule has 2 aromatic carbocycles. The predicted octanol–water partition coefficient (Wildman–Crippen LogP) is 2.20. The van der Waals surface area contributed by atoms with E-state index in [-0.39, 0.29) is 4.90 Å². The molecule has 0 radical (unpaired) electrons. The van der Waals surface area contributed by atoms with Crippen molar-refractivity contribution in [1.29, 1.82) is 0 Å². The van der Waals surface area contributed by atoms with Crippen molar-refractivity contribution in [2.75, 3.05) is 6.54 Å². The number of sulfonamides is 1. The number of carbonyl (C=O) groups is 1. The molecule has 0 aliphatic carbocycles. The second-order valence-corrected chi connectivity index (χ2v) is 6.76. The number of hydrogen-bond acceptors (Lipinski definition) is 3. The minimum absolute atomic E-state index is 0.0289. The number of para-hydroxylation sites is 1. The molecule has 3 N–H and O–H groups in total. The van der Waals surface area contributed by atoms with Gasteiger partial charge in [0.15, 0.2) is 0 Å². The van der Waals surface area contributed by atoms with Gasteiger partial charge in [-0.05, 0) is 29.1 Å². The Morgan fingerprint density at radius 1 is 1.09 bits per heavy atom. The van der Waals surface area contributed by atoms with Gasteiger partial charge in [-0.1, -0.05) is 30.3 Å². The van der Waals surface area contributed by atoms with Gasteiger partial charge in [-0.2, -0.15) is 4.72 Å². The SMILES string of the molecule is O=C(O)CNS(=O)(=O)c1ccc(-c2cccc3cc[nH]c23)cc1. The summed E-state index contributed by atoms with van der Waals surface area (Å²) >= 11 is 0. The Morgan fingerprint density at radius 3 is 2.52 bits per heavy atom. The molecule has 0 fully saturated rings. The lowest BCUT2D eigenvalue weighted by molar-refractivity contribution is -0.135. The van der Waals surface area contributed by atoms with Crippen LogP contribution < -0.4 is 4.72 Å². The van der Waals surface area contributed by atoms with Crippen molar-refractivity contribution in [3.05, 3.63) is 54.7 Å². The third kappa shape index (κ3) is 3.10. The Bertz CT molecular complexity index is 959. The van der Waals surface area contributed by atoms with E-state index in [1.807, 2.05) is 35.2 Å². The number of carboxylic acid groups (broad SMARTS) is 1. The molecule has 23 heavy (non-hydrogen) atoms. The molecular weight excluding hydrogens is 316 g/mol. The van der Waals surface area contributed by atoms with E-state index in [1.54, 1.807) is 12.1 Å². The maximum atomic E-state index is 12.0. The van der Waals surface area contributed by atoms with Gasteiger partial charge >= 0.3 is 5.97 Å². The minimum Gasteiger partial charge on any atom is -0.480 e. The second-order valence-electron chi connectivity index (χ2n) is 4.99. The number of benzene rings is 2. The van der Waals surface area contributed by atoms with Gasteiger partial charge in [-0.3, -0.25) is 4.79 Å². The van der Waals surface area contributed by atoms with E-state index in [9.17, 15) is 13.2 Å². The van der Waals surface area contributed by atoms with Crippen molar-refractivity contribution in [3.8, 4) is 11.1 Å². The number of nitrogens with one attached hydrogen (secondary N) is 2. The van der Waals surface area contributed by atoms with E-state index < -0.39 is 22.5 Å². The van der Waals surface area contributed by atoms with Crippen LogP contribution >= 0.6 is 0 Å². The van der Waals surface area contributed by atoms with Crippen molar-refractivity contribution in [1.82, 2.24) is 9.71 Å². The second kappa shape index (κ2) is 5.86. The molecule has 118 valence electrons. The Morgan fingerprint density at radius 2 is 1.83 bits per heavy atom. The molecule has 0 unspecified atom stereocenters. The predicted molar refractivity (Wildman–Crippen MR) is 86.6 cm³/mol. The summed E-state index contributed by atoms with van der Waals surface area (Å²) < 4.78 is 26.0. The molecule has 3 aromatic rings. The molecule has 7 heteroatoms. The standard InChI is InChI=1S/C16H14N2O4S/c19-15(20)10-18-23(21,22)13-6-4-11(5-7-13)14-3-1-2-12-8-9-17-16(12)14/h1-9,17-18H,10H2,(H,19,20). The number of aliphatic carboxylic acids is 1. The first kappa shape index (κ1) is 15.3. The Balaban J connectivity index is 1.93. The van der Waals surface area contributed by atoms with Crippen molar-refractivity contribution >= 4 is 26.9 Å². The normalized spacial score (nSPS) is 11.7. The molecule has 0 bridgehead atoms. The van der Waals surface area contributed by atoms with Gasteiger partial charge in [-0.15, -0.1) is 0 Å². The summed E-state index contributed by atoms with van der Waals surface area (Å²) in [5.74, 6) is -1.23. The Hall–Kier alpha value is -2.64. The van der Waals surface area contributed by atoms with E-state index in [2.05, 4.69) is 4.98 Å². The van der Waals surface area contributed by atoms with E-state index in [0.29, 0.717) is 0 Å². The van der Waals surface area contributed by atoms with Crippen LogP contribution in [0.15, 0.2) is 59.6 Å². The van der Waals surface area contributed by atoms with Crippen molar-refractivity contribution in [2.24, 2.45) is 0 Å². The number of aromatic amines is 1. The number of rotatable bonds is 5. The number of carboxylic acids is 1. The van der Waals surface area contributed by atoms with Crippen molar-refractivity contribution < 1.29 is 18.3 Å². The average molecular weight is 330 g/mol. The van der Waals surface area contributed by atoms with Gasteiger partial charge in [0.05, 0.1) is 10.4 Å². The molecule has 0 aliphatic rings. The zero-order valence-electron chi connectivity index (χ0n) is 12.0. The number of H-pyrrole nitrogens is 1. The first-order valence-corrected chi connectivity index (χ1v) is 8.34. The summed E-state index contributed by atoms with van der Waals surface area (Å²) in [5, 5.41) is 9.64. The fraction of sp³-hybridized carbons (Fsp3) is 0.0625. The molecule has 3 rings (SSSR count). The van der Waals surface area contributed by atoms with Crippen LogP contribution in [0.2, 0.25) is 0 Å². The lowest BCUT2D eigenvalue weighted by atomic mass is 10.0. The highest BCUT2D eigenvalue weighted by molar-refractivity contribution is 7.89. The molecule has 0 saturated heterocycles. The highest BCUT2D eigenvalue weighted by Gasteiger charge is 2.15. The maximum absolute atomic E-state index is 12.0. The Kier molecular flexibility index (Phi) is 3.89. The molecular formula is C16H14N2O4S. The summed E-state index contributed by atoms with van der Waals surface area (Å²) in [7, 11) is -3.82. The van der Waals surface area contributed by atoms with E-state index >= 15 is 0 Å². The quantitative estimate of drug-likeness (QED) is 0.668. The fourth-order valence-corrected chi connectivity index (χ4v) is 3.35. The lowest BCUT2D eigenvalue weighted by Gasteiger charge is -2.07. The molecule has 0 spiro atoms. The topological polar surface area (TPSA) is 99.3 Å².